The molecule has 142 valence electrons. The van der Waals surface area contributed by atoms with Crippen molar-refractivity contribution in [2.24, 2.45) is 0 Å². The molecule has 9 nitrogen and oxygen atoms in total. The number of nitrogens with zero attached hydrogens (tertiary/aromatic N) is 3. The molecular formula is C18H20N4O5. The Bertz CT molecular complexity index is 880. The monoisotopic (exact) mass is 372 g/mol. The lowest BCUT2D eigenvalue weighted by Crippen LogP contribution is -2.23. The predicted octanol–water partition coefficient (Wildman–Crippen LogP) is 1.92. The molecule has 2 aromatic rings. The minimum Gasteiger partial charge on any atom is -0.489 e. The van der Waals surface area contributed by atoms with Crippen LogP contribution in [0.2, 0.25) is 0 Å². The second-order valence-electron chi connectivity index (χ2n) is 6.09. The van der Waals surface area contributed by atoms with E-state index < -0.39 is 17.6 Å². The summed E-state index contributed by atoms with van der Waals surface area (Å²) in [5.41, 5.74) is -0.251. The number of rotatable bonds is 6. The fourth-order valence-corrected chi connectivity index (χ4v) is 2.22. The topological polar surface area (TPSA) is 122 Å². The Balaban J connectivity index is 2.43. The molecule has 0 saturated heterocycles. The Hall–Kier alpha value is -3.49. The minimum absolute atomic E-state index is 0.179. The SMILES string of the molecule is CC(C)Oc1ccc(C(=O)N(C)C)cc1NC(=O)c1nccnc1C(=O)O. The summed E-state index contributed by atoms with van der Waals surface area (Å²) in [6, 6.07) is 4.62. The van der Waals surface area contributed by atoms with Gasteiger partial charge in [0.1, 0.15) is 5.75 Å². The Kier molecular flexibility index (Phi) is 6.07. The van der Waals surface area contributed by atoms with Gasteiger partial charge in [-0.25, -0.2) is 14.8 Å². The zero-order valence-electron chi connectivity index (χ0n) is 15.4. The third kappa shape index (κ3) is 4.78. The zero-order chi connectivity index (χ0) is 20.1. The lowest BCUT2D eigenvalue weighted by molar-refractivity contribution is 0.0684. The van der Waals surface area contributed by atoms with Gasteiger partial charge in [-0.05, 0) is 32.0 Å². The van der Waals surface area contributed by atoms with Crippen LogP contribution in [0.4, 0.5) is 5.69 Å². The van der Waals surface area contributed by atoms with Crippen molar-refractivity contribution in [1.82, 2.24) is 14.9 Å². The molecule has 0 bridgehead atoms. The van der Waals surface area contributed by atoms with E-state index in [0.717, 1.165) is 0 Å². The first-order chi connectivity index (χ1) is 12.7. The number of hydrogen-bond donors (Lipinski definition) is 2. The van der Waals surface area contributed by atoms with E-state index in [9.17, 15) is 19.5 Å². The molecule has 0 saturated carbocycles. The predicted molar refractivity (Wildman–Crippen MR) is 97.2 cm³/mol. The van der Waals surface area contributed by atoms with Crippen molar-refractivity contribution in [3.8, 4) is 5.75 Å². The average Bonchev–Trinajstić information content (AvgIpc) is 2.61. The van der Waals surface area contributed by atoms with E-state index in [1.807, 2.05) is 13.8 Å². The highest BCUT2D eigenvalue weighted by atomic mass is 16.5. The molecule has 1 aromatic carbocycles. The summed E-state index contributed by atoms with van der Waals surface area (Å²) in [5, 5.41) is 11.7. The van der Waals surface area contributed by atoms with Crippen molar-refractivity contribution in [2.75, 3.05) is 19.4 Å². The molecular weight excluding hydrogens is 352 g/mol. The van der Waals surface area contributed by atoms with Gasteiger partial charge in [0.25, 0.3) is 11.8 Å². The first-order valence-corrected chi connectivity index (χ1v) is 8.08. The van der Waals surface area contributed by atoms with E-state index in [0.29, 0.717) is 11.3 Å². The Morgan fingerprint density at radius 1 is 1.11 bits per heavy atom. The summed E-state index contributed by atoms with van der Waals surface area (Å²) >= 11 is 0. The van der Waals surface area contributed by atoms with Crippen LogP contribution in [-0.2, 0) is 0 Å². The third-order valence-corrected chi connectivity index (χ3v) is 3.36. The van der Waals surface area contributed by atoms with Gasteiger partial charge in [0.15, 0.2) is 11.4 Å². The summed E-state index contributed by atoms with van der Waals surface area (Å²) < 4.78 is 5.66. The van der Waals surface area contributed by atoms with E-state index in [1.165, 1.54) is 23.4 Å². The van der Waals surface area contributed by atoms with Crippen molar-refractivity contribution in [2.45, 2.75) is 20.0 Å². The van der Waals surface area contributed by atoms with Crippen LogP contribution in [0, 0.1) is 0 Å². The second kappa shape index (κ2) is 8.26. The number of carbonyl (C=O) groups is 3. The number of ether oxygens (including phenoxy) is 1. The molecule has 0 unspecified atom stereocenters. The third-order valence-electron chi connectivity index (χ3n) is 3.36. The van der Waals surface area contributed by atoms with Gasteiger partial charge in [0.05, 0.1) is 11.8 Å². The Morgan fingerprint density at radius 3 is 2.30 bits per heavy atom. The molecule has 9 heteroatoms. The Labute approximate surface area is 156 Å². The van der Waals surface area contributed by atoms with Crippen LogP contribution in [0.1, 0.15) is 45.2 Å². The number of carboxylic acids is 1. The summed E-state index contributed by atoms with van der Waals surface area (Å²) in [6.07, 6.45) is 2.23. The van der Waals surface area contributed by atoms with E-state index in [-0.39, 0.29) is 23.4 Å². The fraction of sp³-hybridized carbons (Fsp3) is 0.278. The molecule has 2 N–H and O–H groups in total. The number of anilines is 1. The van der Waals surface area contributed by atoms with Gasteiger partial charge >= 0.3 is 5.97 Å². The van der Waals surface area contributed by atoms with Crippen molar-refractivity contribution in [1.29, 1.82) is 0 Å². The molecule has 2 amide bonds. The van der Waals surface area contributed by atoms with Crippen molar-refractivity contribution in [3.63, 3.8) is 0 Å². The van der Waals surface area contributed by atoms with Gasteiger partial charge in [-0.2, -0.15) is 0 Å². The van der Waals surface area contributed by atoms with Crippen LogP contribution < -0.4 is 10.1 Å². The molecule has 1 aromatic heterocycles. The number of carbonyl (C=O) groups excluding carboxylic acids is 2. The maximum absolute atomic E-state index is 12.6. The number of nitrogens with one attached hydrogen (secondary N) is 1. The maximum Gasteiger partial charge on any atom is 0.356 e. The number of carboxylic acid groups (broad SMARTS) is 1. The lowest BCUT2D eigenvalue weighted by atomic mass is 10.1. The lowest BCUT2D eigenvalue weighted by Gasteiger charge is -2.17. The van der Waals surface area contributed by atoms with Gasteiger partial charge in [-0.1, -0.05) is 0 Å². The number of aromatic carboxylic acids is 1. The second-order valence-corrected chi connectivity index (χ2v) is 6.09. The number of benzene rings is 1. The van der Waals surface area contributed by atoms with E-state index in [2.05, 4.69) is 15.3 Å². The van der Waals surface area contributed by atoms with E-state index in [1.54, 1.807) is 26.2 Å². The molecule has 0 aliphatic carbocycles. The molecule has 0 spiro atoms. The van der Waals surface area contributed by atoms with Crippen LogP contribution in [0.25, 0.3) is 0 Å². The van der Waals surface area contributed by atoms with Crippen LogP contribution in [0.5, 0.6) is 5.75 Å². The summed E-state index contributed by atoms with van der Waals surface area (Å²) in [6.45, 7) is 3.63. The summed E-state index contributed by atoms with van der Waals surface area (Å²) in [4.78, 5) is 44.9. The van der Waals surface area contributed by atoms with Gasteiger partial charge in [0.2, 0.25) is 0 Å². The average molecular weight is 372 g/mol. The molecule has 0 radical (unpaired) electrons. The Morgan fingerprint density at radius 2 is 1.74 bits per heavy atom. The highest BCUT2D eigenvalue weighted by Crippen LogP contribution is 2.28. The summed E-state index contributed by atoms with van der Waals surface area (Å²) in [7, 11) is 3.22. The van der Waals surface area contributed by atoms with Crippen molar-refractivity contribution in [3.05, 3.63) is 47.5 Å². The van der Waals surface area contributed by atoms with Crippen molar-refractivity contribution < 1.29 is 24.2 Å². The fourth-order valence-electron chi connectivity index (χ4n) is 2.22. The molecule has 0 atom stereocenters. The highest BCUT2D eigenvalue weighted by Gasteiger charge is 2.21. The number of aromatic nitrogens is 2. The smallest absolute Gasteiger partial charge is 0.356 e. The molecule has 0 aliphatic rings. The number of hydrogen-bond acceptors (Lipinski definition) is 6. The first-order valence-electron chi connectivity index (χ1n) is 8.08. The van der Waals surface area contributed by atoms with Gasteiger partial charge < -0.3 is 20.1 Å². The van der Waals surface area contributed by atoms with Crippen LogP contribution in [-0.4, -0.2) is 58.0 Å². The summed E-state index contributed by atoms with van der Waals surface area (Å²) in [5.74, 6) is -2.06. The largest absolute Gasteiger partial charge is 0.489 e. The quantitative estimate of drug-likeness (QED) is 0.794. The van der Waals surface area contributed by atoms with Gasteiger partial charge in [0, 0.05) is 32.1 Å². The number of amides is 2. The molecule has 27 heavy (non-hydrogen) atoms. The van der Waals surface area contributed by atoms with Gasteiger partial charge in [-0.15, -0.1) is 0 Å². The van der Waals surface area contributed by atoms with Gasteiger partial charge in [-0.3, -0.25) is 9.59 Å². The first kappa shape index (κ1) is 19.8. The molecule has 0 aliphatic heterocycles. The zero-order valence-corrected chi connectivity index (χ0v) is 15.4. The van der Waals surface area contributed by atoms with Crippen molar-refractivity contribution >= 4 is 23.5 Å². The molecule has 0 fully saturated rings. The van der Waals surface area contributed by atoms with Crippen LogP contribution >= 0.6 is 0 Å². The maximum atomic E-state index is 12.6. The molecule has 1 heterocycles. The normalized spacial score (nSPS) is 10.4. The minimum atomic E-state index is -1.37. The standard InChI is InChI=1S/C18H20N4O5/c1-10(2)27-13-6-5-11(17(24)22(3)4)9-12(13)21-16(23)14-15(18(25)26)20-8-7-19-14/h5-10H,1-4H3,(H,21,23)(H,25,26). The van der Waals surface area contributed by atoms with Crippen LogP contribution in [0.3, 0.4) is 0 Å². The van der Waals surface area contributed by atoms with E-state index in [4.69, 9.17) is 4.74 Å². The highest BCUT2D eigenvalue weighted by molar-refractivity contribution is 6.09. The van der Waals surface area contributed by atoms with E-state index >= 15 is 0 Å². The van der Waals surface area contributed by atoms with Crippen LogP contribution in [0.15, 0.2) is 30.6 Å². The molecule has 2 rings (SSSR count).